The van der Waals surface area contributed by atoms with Crippen LogP contribution in [-0.4, -0.2) is 37.2 Å². The number of ether oxygens (including phenoxy) is 3. The molecule has 0 radical (unpaired) electrons. The maximum Gasteiger partial charge on any atom is 0.306 e. The molecule has 0 rings (SSSR count). The third-order valence-electron chi connectivity index (χ3n) is 13.4. The molecule has 0 aromatic carbocycles. The van der Waals surface area contributed by atoms with Crippen molar-refractivity contribution >= 4 is 17.9 Å². The lowest BCUT2D eigenvalue weighted by Gasteiger charge is -2.18. The van der Waals surface area contributed by atoms with Crippen molar-refractivity contribution in [1.82, 2.24) is 0 Å². The summed E-state index contributed by atoms with van der Waals surface area (Å²) in [6.07, 6.45) is 77.5. The summed E-state index contributed by atoms with van der Waals surface area (Å²) >= 11 is 0. The molecule has 0 aliphatic rings. The van der Waals surface area contributed by atoms with Crippen molar-refractivity contribution in [2.75, 3.05) is 13.2 Å². The van der Waals surface area contributed by atoms with Gasteiger partial charge in [0, 0.05) is 19.3 Å². The summed E-state index contributed by atoms with van der Waals surface area (Å²) in [7, 11) is 0. The van der Waals surface area contributed by atoms with Crippen molar-refractivity contribution in [3.05, 3.63) is 72.9 Å². The number of carbonyl (C=O) groups excluding carboxylic acids is 3. The van der Waals surface area contributed by atoms with Crippen molar-refractivity contribution in [3.8, 4) is 0 Å². The number of carbonyl (C=O) groups is 3. The summed E-state index contributed by atoms with van der Waals surface area (Å²) in [5.74, 6) is -0.880. The normalized spacial score (nSPS) is 12.5. The third kappa shape index (κ3) is 57.7. The molecule has 6 heteroatoms. The summed E-state index contributed by atoms with van der Waals surface area (Å²) in [6.45, 7) is 6.54. The van der Waals surface area contributed by atoms with Crippen molar-refractivity contribution in [1.29, 1.82) is 0 Å². The van der Waals surface area contributed by atoms with E-state index in [2.05, 4.69) is 93.7 Å². The van der Waals surface area contributed by atoms with E-state index in [1.165, 1.54) is 173 Å². The zero-order valence-corrected chi connectivity index (χ0v) is 47.7. The minimum Gasteiger partial charge on any atom is -0.462 e. The van der Waals surface area contributed by atoms with Crippen LogP contribution in [0.5, 0.6) is 0 Å². The molecule has 0 aliphatic heterocycles. The van der Waals surface area contributed by atoms with Gasteiger partial charge in [0.2, 0.25) is 0 Å². The molecule has 0 saturated heterocycles. The van der Waals surface area contributed by atoms with Gasteiger partial charge >= 0.3 is 17.9 Å². The zero-order valence-electron chi connectivity index (χ0n) is 47.7. The van der Waals surface area contributed by atoms with Gasteiger partial charge in [0.25, 0.3) is 0 Å². The molecule has 0 aliphatic carbocycles. The Kier molecular flexibility index (Phi) is 57.8. The molecule has 6 nitrogen and oxygen atoms in total. The number of esters is 3. The minimum absolute atomic E-state index is 0.0777. The van der Waals surface area contributed by atoms with E-state index in [4.69, 9.17) is 14.2 Å². The predicted octanol–water partition coefficient (Wildman–Crippen LogP) is 20.9. The van der Waals surface area contributed by atoms with E-state index in [1.807, 2.05) is 0 Å². The van der Waals surface area contributed by atoms with E-state index in [1.54, 1.807) is 0 Å². The average Bonchev–Trinajstić information content (AvgIpc) is 3.38. The van der Waals surface area contributed by atoms with Gasteiger partial charge in [0.1, 0.15) is 13.2 Å². The highest BCUT2D eigenvalue weighted by atomic mass is 16.6. The Hall–Kier alpha value is -3.15. The lowest BCUT2D eigenvalue weighted by atomic mass is 10.0. The molecule has 416 valence electrons. The Bertz CT molecular complexity index is 1340. The first-order chi connectivity index (χ1) is 35.5. The van der Waals surface area contributed by atoms with Gasteiger partial charge in [-0.2, -0.15) is 0 Å². The lowest BCUT2D eigenvalue weighted by Crippen LogP contribution is -2.30. The highest BCUT2D eigenvalue weighted by Crippen LogP contribution is 2.16. The van der Waals surface area contributed by atoms with Gasteiger partial charge < -0.3 is 14.2 Å². The first-order valence-corrected chi connectivity index (χ1v) is 30.9. The van der Waals surface area contributed by atoms with Gasteiger partial charge in [-0.15, -0.1) is 0 Å². The van der Waals surface area contributed by atoms with Crippen LogP contribution in [0.4, 0.5) is 0 Å². The van der Waals surface area contributed by atoms with Crippen LogP contribution in [0.2, 0.25) is 0 Å². The standard InChI is InChI=1S/C66H116O6/c1-4-7-10-13-16-19-22-25-27-29-31-32-33-34-35-37-38-41-44-47-50-53-56-59-65(68)71-62-63(61-70-64(67)58-55-52-49-46-43-40-24-21-18-15-12-9-6-3)72-66(69)60-57-54-51-48-45-42-39-36-30-28-26-23-20-17-14-11-8-5-2/h7,10,16,19,25,27-28,30-32,34-35,63H,4-6,8-9,11-15,17-18,20-24,26,29,33,36-62H2,1-3H3/b10-7-,19-16-,27-25-,30-28-,32-31-,35-34-. The Morgan fingerprint density at radius 2 is 0.542 bits per heavy atom. The maximum absolute atomic E-state index is 12.9. The predicted molar refractivity (Wildman–Crippen MR) is 311 cm³/mol. The molecular weight excluding hydrogens is 889 g/mol. The molecule has 0 heterocycles. The molecule has 0 fully saturated rings. The Morgan fingerprint density at radius 1 is 0.292 bits per heavy atom. The van der Waals surface area contributed by atoms with Crippen molar-refractivity contribution in [2.45, 2.75) is 316 Å². The van der Waals surface area contributed by atoms with E-state index in [0.29, 0.717) is 19.3 Å². The second-order valence-corrected chi connectivity index (χ2v) is 20.6. The quantitative estimate of drug-likeness (QED) is 0.0261. The Balaban J connectivity index is 4.35. The monoisotopic (exact) mass is 1000 g/mol. The van der Waals surface area contributed by atoms with E-state index >= 15 is 0 Å². The van der Waals surface area contributed by atoms with Gasteiger partial charge in [-0.05, 0) is 89.9 Å². The summed E-state index contributed by atoms with van der Waals surface area (Å²) in [4.78, 5) is 38.3. The molecule has 0 aromatic heterocycles. The minimum atomic E-state index is -0.781. The molecule has 0 N–H and O–H groups in total. The fourth-order valence-corrected chi connectivity index (χ4v) is 8.82. The maximum atomic E-state index is 12.9. The fraction of sp³-hybridized carbons (Fsp3) is 0.773. The summed E-state index contributed by atoms with van der Waals surface area (Å²) in [5, 5.41) is 0. The van der Waals surface area contributed by atoms with E-state index in [0.717, 1.165) is 96.3 Å². The third-order valence-corrected chi connectivity index (χ3v) is 13.4. The summed E-state index contributed by atoms with van der Waals surface area (Å²) in [6, 6.07) is 0. The Morgan fingerprint density at radius 3 is 0.861 bits per heavy atom. The molecule has 0 saturated carbocycles. The molecule has 1 unspecified atom stereocenters. The summed E-state index contributed by atoms with van der Waals surface area (Å²) in [5.41, 5.74) is 0. The molecule has 0 aromatic rings. The highest BCUT2D eigenvalue weighted by molar-refractivity contribution is 5.71. The first-order valence-electron chi connectivity index (χ1n) is 30.9. The van der Waals surface area contributed by atoms with Crippen molar-refractivity contribution in [2.24, 2.45) is 0 Å². The number of hydrogen-bond donors (Lipinski definition) is 0. The van der Waals surface area contributed by atoms with Crippen LogP contribution in [0.3, 0.4) is 0 Å². The second-order valence-electron chi connectivity index (χ2n) is 20.6. The number of unbranched alkanes of at least 4 members (excludes halogenated alkanes) is 33. The van der Waals surface area contributed by atoms with Gasteiger partial charge in [-0.3, -0.25) is 14.4 Å². The van der Waals surface area contributed by atoms with E-state index < -0.39 is 6.10 Å². The average molecular weight is 1010 g/mol. The van der Waals surface area contributed by atoms with Crippen molar-refractivity contribution < 1.29 is 28.6 Å². The first kappa shape index (κ1) is 68.8. The summed E-state index contributed by atoms with van der Waals surface area (Å²) < 4.78 is 16.9. The highest BCUT2D eigenvalue weighted by Gasteiger charge is 2.19. The van der Waals surface area contributed by atoms with E-state index in [9.17, 15) is 14.4 Å². The molecule has 0 amide bonds. The van der Waals surface area contributed by atoms with Crippen LogP contribution in [0.15, 0.2) is 72.9 Å². The van der Waals surface area contributed by atoms with Gasteiger partial charge in [-0.25, -0.2) is 0 Å². The van der Waals surface area contributed by atoms with Crippen LogP contribution in [0.25, 0.3) is 0 Å². The van der Waals surface area contributed by atoms with Gasteiger partial charge in [0.05, 0.1) is 0 Å². The SMILES string of the molecule is CC/C=C\C/C=C\C/C=C\C/C=C\C/C=C\CCCCCCCCCC(=O)OCC(COC(=O)CCCCCCCCCCCCCCC)OC(=O)CCCCCCCCC/C=C\CCCCCCCCC. The van der Waals surface area contributed by atoms with Gasteiger partial charge in [-0.1, -0.05) is 273 Å². The van der Waals surface area contributed by atoms with Crippen LogP contribution in [0.1, 0.15) is 310 Å². The topological polar surface area (TPSA) is 78.9 Å². The van der Waals surface area contributed by atoms with Crippen LogP contribution >= 0.6 is 0 Å². The number of allylic oxidation sites excluding steroid dienone is 12. The van der Waals surface area contributed by atoms with Crippen LogP contribution < -0.4 is 0 Å². The second kappa shape index (κ2) is 60.4. The van der Waals surface area contributed by atoms with Crippen LogP contribution in [-0.2, 0) is 28.6 Å². The Labute approximate surface area is 446 Å². The van der Waals surface area contributed by atoms with Crippen LogP contribution in [0, 0.1) is 0 Å². The molecular formula is C66H116O6. The molecule has 72 heavy (non-hydrogen) atoms. The lowest BCUT2D eigenvalue weighted by molar-refractivity contribution is -0.167. The molecule has 0 bridgehead atoms. The smallest absolute Gasteiger partial charge is 0.306 e. The van der Waals surface area contributed by atoms with Crippen molar-refractivity contribution in [3.63, 3.8) is 0 Å². The zero-order chi connectivity index (χ0) is 52.2. The molecule has 0 spiro atoms. The molecule has 1 atom stereocenters. The van der Waals surface area contributed by atoms with E-state index in [-0.39, 0.29) is 31.1 Å². The number of rotatable bonds is 56. The van der Waals surface area contributed by atoms with Gasteiger partial charge in [0.15, 0.2) is 6.10 Å². The largest absolute Gasteiger partial charge is 0.462 e. The fourth-order valence-electron chi connectivity index (χ4n) is 8.82. The number of hydrogen-bond acceptors (Lipinski definition) is 6.